The summed E-state index contributed by atoms with van der Waals surface area (Å²) in [7, 11) is 0. The summed E-state index contributed by atoms with van der Waals surface area (Å²) < 4.78 is 0. The van der Waals surface area contributed by atoms with Crippen molar-refractivity contribution >= 4 is 5.91 Å². The molecule has 4 aliphatic rings. The molecule has 0 aromatic heterocycles. The van der Waals surface area contributed by atoms with E-state index in [0.29, 0.717) is 12.0 Å². The van der Waals surface area contributed by atoms with Gasteiger partial charge in [-0.3, -0.25) is 4.79 Å². The lowest BCUT2D eigenvalue weighted by molar-refractivity contribution is -0.155. The van der Waals surface area contributed by atoms with Crippen LogP contribution in [-0.4, -0.2) is 23.7 Å². The summed E-state index contributed by atoms with van der Waals surface area (Å²) in [6.07, 6.45) is 6.80. The van der Waals surface area contributed by atoms with Crippen molar-refractivity contribution in [2.24, 2.45) is 22.7 Å². The smallest absolute Gasteiger partial charge is 0.226 e. The highest BCUT2D eigenvalue weighted by molar-refractivity contribution is 5.83. The minimum atomic E-state index is -0.446. The Morgan fingerprint density at radius 2 is 1.94 bits per heavy atom. The van der Waals surface area contributed by atoms with Crippen molar-refractivity contribution in [3.63, 3.8) is 0 Å². The van der Waals surface area contributed by atoms with Crippen LogP contribution in [0.1, 0.15) is 52.4 Å². The van der Waals surface area contributed by atoms with E-state index >= 15 is 0 Å². The molecule has 0 saturated heterocycles. The van der Waals surface area contributed by atoms with Gasteiger partial charge in [0.15, 0.2) is 0 Å². The van der Waals surface area contributed by atoms with E-state index in [1.807, 2.05) is 0 Å². The average molecular weight is 251 g/mol. The Morgan fingerprint density at radius 1 is 1.33 bits per heavy atom. The minimum absolute atomic E-state index is 0.103. The maximum absolute atomic E-state index is 12.5. The Balaban J connectivity index is 1.76. The maximum Gasteiger partial charge on any atom is 0.226 e. The normalized spacial score (nSPS) is 47.1. The minimum Gasteiger partial charge on any atom is -0.392 e. The third-order valence-corrected chi connectivity index (χ3v) is 5.39. The molecule has 0 radical (unpaired) electrons. The molecular weight excluding hydrogens is 226 g/mol. The van der Waals surface area contributed by atoms with Crippen LogP contribution in [0.2, 0.25) is 0 Å². The third-order valence-electron chi connectivity index (χ3n) is 5.39. The zero-order chi connectivity index (χ0) is 13.0. The fourth-order valence-electron chi connectivity index (χ4n) is 5.41. The maximum atomic E-state index is 12.5. The number of carbonyl (C=O) groups excluding carboxylic acids is 1. The van der Waals surface area contributed by atoms with E-state index in [1.54, 1.807) is 6.92 Å². The van der Waals surface area contributed by atoms with E-state index in [0.717, 1.165) is 31.1 Å². The molecule has 102 valence electrons. The van der Waals surface area contributed by atoms with E-state index in [-0.39, 0.29) is 11.3 Å². The summed E-state index contributed by atoms with van der Waals surface area (Å²) in [4.78, 5) is 12.5. The molecule has 4 aliphatic carbocycles. The van der Waals surface area contributed by atoms with Crippen LogP contribution in [0.15, 0.2) is 0 Å². The SMILES string of the molecule is C[C@@H](O)CNC(=O)C12CC3CC(CC(C)(C3)C1)C2. The van der Waals surface area contributed by atoms with Crippen LogP contribution >= 0.6 is 0 Å². The Hall–Kier alpha value is -0.570. The van der Waals surface area contributed by atoms with Gasteiger partial charge in [-0.2, -0.15) is 0 Å². The predicted octanol–water partition coefficient (Wildman–Crippen LogP) is 2.09. The lowest BCUT2D eigenvalue weighted by atomic mass is 9.44. The Kier molecular flexibility index (Phi) is 2.74. The van der Waals surface area contributed by atoms with Crippen LogP contribution in [-0.2, 0) is 4.79 Å². The Morgan fingerprint density at radius 3 is 2.44 bits per heavy atom. The molecule has 4 bridgehead atoms. The lowest BCUT2D eigenvalue weighted by Gasteiger charge is -2.60. The molecule has 2 unspecified atom stereocenters. The van der Waals surface area contributed by atoms with Gasteiger partial charge >= 0.3 is 0 Å². The number of amides is 1. The van der Waals surface area contributed by atoms with Crippen molar-refractivity contribution in [3.8, 4) is 0 Å². The summed E-state index contributed by atoms with van der Waals surface area (Å²) in [5, 5.41) is 12.3. The second kappa shape index (κ2) is 3.96. The van der Waals surface area contributed by atoms with Gasteiger partial charge in [0.2, 0.25) is 5.91 Å². The molecule has 18 heavy (non-hydrogen) atoms. The Bertz CT molecular complexity index is 350. The summed E-state index contributed by atoms with van der Waals surface area (Å²) in [6.45, 7) is 4.50. The van der Waals surface area contributed by atoms with Gasteiger partial charge in [-0.25, -0.2) is 0 Å². The number of hydrogen-bond donors (Lipinski definition) is 2. The highest BCUT2D eigenvalue weighted by Crippen LogP contribution is 2.65. The van der Waals surface area contributed by atoms with Crippen LogP contribution in [0.4, 0.5) is 0 Å². The van der Waals surface area contributed by atoms with Crippen LogP contribution in [0.5, 0.6) is 0 Å². The van der Waals surface area contributed by atoms with Crippen LogP contribution in [0.25, 0.3) is 0 Å². The number of nitrogens with one attached hydrogen (secondary N) is 1. The standard InChI is InChI=1S/C15H25NO2/c1-10(17)8-16-13(18)15-6-11-3-12(7-15)5-14(2,4-11)9-15/h10-12,17H,3-9H2,1-2H3,(H,16,18)/t10-,11?,12?,14?,15?/m1/s1. The second-order valence-corrected chi connectivity index (χ2v) is 7.61. The molecule has 4 fully saturated rings. The van der Waals surface area contributed by atoms with Gasteiger partial charge in [0, 0.05) is 6.54 Å². The molecule has 3 heteroatoms. The molecule has 4 rings (SSSR count). The quantitative estimate of drug-likeness (QED) is 0.807. The van der Waals surface area contributed by atoms with E-state index < -0.39 is 6.10 Å². The van der Waals surface area contributed by atoms with Crippen LogP contribution in [0, 0.1) is 22.7 Å². The fraction of sp³-hybridized carbons (Fsp3) is 0.933. The first-order valence-electron chi connectivity index (χ1n) is 7.37. The van der Waals surface area contributed by atoms with Gasteiger partial charge in [0.1, 0.15) is 0 Å². The summed E-state index contributed by atoms with van der Waals surface area (Å²) in [5.74, 6) is 1.76. The molecule has 4 saturated carbocycles. The zero-order valence-corrected chi connectivity index (χ0v) is 11.5. The number of aliphatic hydroxyl groups is 1. The van der Waals surface area contributed by atoms with Gasteiger partial charge in [0.05, 0.1) is 11.5 Å². The van der Waals surface area contributed by atoms with Gasteiger partial charge in [-0.05, 0) is 62.7 Å². The van der Waals surface area contributed by atoms with Crippen LogP contribution < -0.4 is 5.32 Å². The van der Waals surface area contributed by atoms with Crippen molar-refractivity contribution in [1.29, 1.82) is 0 Å². The molecule has 3 atom stereocenters. The summed E-state index contributed by atoms with van der Waals surface area (Å²) in [6, 6.07) is 0. The number of hydrogen-bond acceptors (Lipinski definition) is 2. The van der Waals surface area contributed by atoms with Crippen molar-refractivity contribution in [1.82, 2.24) is 5.32 Å². The summed E-state index contributed by atoms with van der Waals surface area (Å²) in [5.41, 5.74) is 0.306. The van der Waals surface area contributed by atoms with E-state index in [4.69, 9.17) is 0 Å². The average Bonchev–Trinajstić information content (AvgIpc) is 2.22. The molecule has 0 aromatic rings. The molecule has 1 amide bonds. The monoisotopic (exact) mass is 251 g/mol. The van der Waals surface area contributed by atoms with Crippen molar-refractivity contribution < 1.29 is 9.90 Å². The Labute approximate surface area is 109 Å². The van der Waals surface area contributed by atoms with Gasteiger partial charge < -0.3 is 10.4 Å². The second-order valence-electron chi connectivity index (χ2n) is 7.61. The first-order chi connectivity index (χ1) is 8.41. The van der Waals surface area contributed by atoms with E-state index in [2.05, 4.69) is 12.2 Å². The third kappa shape index (κ3) is 1.97. The molecular formula is C15H25NO2. The predicted molar refractivity (Wildman–Crippen MR) is 69.9 cm³/mol. The fourth-order valence-corrected chi connectivity index (χ4v) is 5.41. The van der Waals surface area contributed by atoms with Crippen molar-refractivity contribution in [3.05, 3.63) is 0 Å². The zero-order valence-electron chi connectivity index (χ0n) is 11.5. The summed E-state index contributed by atoms with van der Waals surface area (Å²) >= 11 is 0. The van der Waals surface area contributed by atoms with Crippen molar-refractivity contribution in [2.45, 2.75) is 58.5 Å². The highest BCUT2D eigenvalue weighted by Gasteiger charge is 2.58. The van der Waals surface area contributed by atoms with Gasteiger partial charge in [-0.1, -0.05) is 6.92 Å². The molecule has 0 spiro atoms. The van der Waals surface area contributed by atoms with Crippen molar-refractivity contribution in [2.75, 3.05) is 6.54 Å². The molecule has 0 heterocycles. The number of carbonyl (C=O) groups is 1. The first kappa shape index (κ1) is 12.5. The van der Waals surface area contributed by atoms with Gasteiger partial charge in [-0.15, -0.1) is 0 Å². The molecule has 0 aromatic carbocycles. The lowest BCUT2D eigenvalue weighted by Crippen LogP contribution is -2.57. The van der Waals surface area contributed by atoms with E-state index in [9.17, 15) is 9.90 Å². The van der Waals surface area contributed by atoms with Crippen LogP contribution in [0.3, 0.4) is 0 Å². The largest absolute Gasteiger partial charge is 0.392 e. The molecule has 3 nitrogen and oxygen atoms in total. The number of aliphatic hydroxyl groups excluding tert-OH is 1. The highest BCUT2D eigenvalue weighted by atomic mass is 16.3. The first-order valence-corrected chi connectivity index (χ1v) is 7.37. The van der Waals surface area contributed by atoms with E-state index in [1.165, 1.54) is 19.3 Å². The molecule has 2 N–H and O–H groups in total. The topological polar surface area (TPSA) is 49.3 Å². The number of rotatable bonds is 3. The molecule has 0 aliphatic heterocycles. The van der Waals surface area contributed by atoms with Gasteiger partial charge in [0.25, 0.3) is 0 Å².